The maximum absolute atomic E-state index is 12.5. The number of esters is 1. The van der Waals surface area contributed by atoms with Crippen molar-refractivity contribution >= 4 is 40.9 Å². The topological polar surface area (TPSA) is 86.1 Å². The minimum Gasteiger partial charge on any atom is -0.466 e. The number of carbonyl (C=O) groups excluding carboxylic acids is 2. The summed E-state index contributed by atoms with van der Waals surface area (Å²) >= 11 is 7.34. The molecule has 140 valence electrons. The number of amides is 1. The third-order valence-corrected chi connectivity index (χ3v) is 5.25. The van der Waals surface area contributed by atoms with Crippen LogP contribution >= 0.6 is 23.4 Å². The van der Waals surface area contributed by atoms with Gasteiger partial charge in [0.1, 0.15) is 12.2 Å². The first-order valence-electron chi connectivity index (χ1n) is 8.10. The normalized spacial score (nSPS) is 11.9. The largest absolute Gasteiger partial charge is 0.466 e. The molecule has 0 spiro atoms. The first kappa shape index (κ1) is 20.3. The van der Waals surface area contributed by atoms with Crippen LogP contribution in [0, 0.1) is 6.92 Å². The van der Waals surface area contributed by atoms with Crippen LogP contribution in [0.2, 0.25) is 5.02 Å². The van der Waals surface area contributed by atoms with Gasteiger partial charge in [0.15, 0.2) is 5.16 Å². The fraction of sp³-hybridized carbons (Fsp3) is 0.412. The minimum atomic E-state index is -0.410. The van der Waals surface area contributed by atoms with Crippen LogP contribution in [0.5, 0.6) is 0 Å². The zero-order valence-electron chi connectivity index (χ0n) is 15.1. The van der Waals surface area contributed by atoms with Gasteiger partial charge in [-0.15, -0.1) is 10.2 Å². The van der Waals surface area contributed by atoms with Gasteiger partial charge < -0.3 is 14.6 Å². The van der Waals surface area contributed by atoms with Crippen LogP contribution in [0.25, 0.3) is 0 Å². The molecule has 26 heavy (non-hydrogen) atoms. The van der Waals surface area contributed by atoms with Crippen molar-refractivity contribution in [2.45, 2.75) is 37.6 Å². The summed E-state index contributed by atoms with van der Waals surface area (Å²) in [7, 11) is 1.75. The second kappa shape index (κ2) is 9.05. The second-order valence-electron chi connectivity index (χ2n) is 5.60. The number of ether oxygens (including phenoxy) is 1. The molecule has 0 saturated heterocycles. The number of thioether (sulfide) groups is 1. The lowest BCUT2D eigenvalue weighted by molar-refractivity contribution is -0.142. The van der Waals surface area contributed by atoms with Gasteiger partial charge in [0.05, 0.1) is 11.9 Å². The molecule has 1 N–H and O–H groups in total. The van der Waals surface area contributed by atoms with E-state index in [0.29, 0.717) is 28.3 Å². The molecular formula is C17H21ClN4O3S. The highest BCUT2D eigenvalue weighted by Gasteiger charge is 2.20. The van der Waals surface area contributed by atoms with Gasteiger partial charge >= 0.3 is 5.97 Å². The second-order valence-corrected chi connectivity index (χ2v) is 7.32. The predicted molar refractivity (Wildman–Crippen MR) is 101 cm³/mol. The fourth-order valence-corrected chi connectivity index (χ4v) is 3.14. The average molecular weight is 397 g/mol. The van der Waals surface area contributed by atoms with Gasteiger partial charge in [-0.1, -0.05) is 29.4 Å². The third kappa shape index (κ3) is 4.98. The lowest BCUT2D eigenvalue weighted by Gasteiger charge is -2.13. The summed E-state index contributed by atoms with van der Waals surface area (Å²) < 4.78 is 6.61. The van der Waals surface area contributed by atoms with Crippen molar-refractivity contribution in [2.24, 2.45) is 7.05 Å². The molecule has 0 saturated carbocycles. The van der Waals surface area contributed by atoms with E-state index in [1.807, 2.05) is 6.92 Å². The van der Waals surface area contributed by atoms with Gasteiger partial charge in [-0.25, -0.2) is 0 Å². The number of anilines is 1. The molecule has 2 aromatic rings. The Hall–Kier alpha value is -2.06. The molecule has 1 amide bonds. The molecule has 2 rings (SSSR count). The monoisotopic (exact) mass is 396 g/mol. The van der Waals surface area contributed by atoms with E-state index in [-0.39, 0.29) is 18.3 Å². The van der Waals surface area contributed by atoms with Crippen molar-refractivity contribution in [3.63, 3.8) is 0 Å². The fourth-order valence-electron chi connectivity index (χ4n) is 2.13. The van der Waals surface area contributed by atoms with E-state index < -0.39 is 5.25 Å². The molecule has 0 bridgehead atoms. The van der Waals surface area contributed by atoms with Crippen molar-refractivity contribution in [1.82, 2.24) is 14.8 Å². The summed E-state index contributed by atoms with van der Waals surface area (Å²) in [6, 6.07) is 5.36. The standard InChI is InChI=1S/C17H21ClN4O3S/c1-5-25-15(23)9-14-20-21-17(22(14)4)26-11(3)16(24)19-13-8-6-7-12(18)10(13)2/h6-8,11H,5,9H2,1-4H3,(H,19,24)/t11-/m1/s1. The van der Waals surface area contributed by atoms with Crippen LogP contribution in [0.15, 0.2) is 23.4 Å². The zero-order valence-corrected chi connectivity index (χ0v) is 16.6. The first-order chi connectivity index (χ1) is 12.3. The Morgan fingerprint density at radius 3 is 2.81 bits per heavy atom. The van der Waals surface area contributed by atoms with E-state index >= 15 is 0 Å². The molecule has 9 heteroatoms. The van der Waals surface area contributed by atoms with Crippen LogP contribution in [-0.2, 0) is 27.8 Å². The van der Waals surface area contributed by atoms with Crippen molar-refractivity contribution in [2.75, 3.05) is 11.9 Å². The van der Waals surface area contributed by atoms with Gasteiger partial charge in [-0.05, 0) is 38.5 Å². The van der Waals surface area contributed by atoms with Crippen LogP contribution in [0.4, 0.5) is 5.69 Å². The summed E-state index contributed by atoms with van der Waals surface area (Å²) in [5, 5.41) is 11.7. The summed E-state index contributed by atoms with van der Waals surface area (Å²) in [6.45, 7) is 5.69. The highest BCUT2D eigenvalue weighted by Crippen LogP contribution is 2.26. The predicted octanol–water partition coefficient (Wildman–Crippen LogP) is 3.00. The molecule has 0 fully saturated rings. The molecule has 0 aliphatic heterocycles. The van der Waals surface area contributed by atoms with E-state index in [1.165, 1.54) is 11.8 Å². The number of aromatic nitrogens is 3. The van der Waals surface area contributed by atoms with E-state index in [0.717, 1.165) is 5.56 Å². The van der Waals surface area contributed by atoms with Crippen LogP contribution in [-0.4, -0.2) is 38.5 Å². The van der Waals surface area contributed by atoms with Gasteiger partial charge in [-0.3, -0.25) is 9.59 Å². The van der Waals surface area contributed by atoms with Crippen molar-refractivity contribution in [3.05, 3.63) is 34.6 Å². The smallest absolute Gasteiger partial charge is 0.313 e. The number of rotatable bonds is 7. The Balaban J connectivity index is 2.02. The molecule has 7 nitrogen and oxygen atoms in total. The van der Waals surface area contributed by atoms with Gasteiger partial charge in [0.25, 0.3) is 0 Å². The van der Waals surface area contributed by atoms with Gasteiger partial charge in [0, 0.05) is 17.8 Å². The number of nitrogens with one attached hydrogen (secondary N) is 1. The number of carbonyl (C=O) groups is 2. The average Bonchev–Trinajstić information content (AvgIpc) is 2.92. The SMILES string of the molecule is CCOC(=O)Cc1nnc(S[C@H](C)C(=O)Nc2cccc(Cl)c2C)n1C. The van der Waals surface area contributed by atoms with E-state index in [2.05, 4.69) is 15.5 Å². The molecule has 0 aliphatic rings. The Morgan fingerprint density at radius 1 is 1.38 bits per heavy atom. The summed E-state index contributed by atoms with van der Waals surface area (Å²) in [5.74, 6) is -0.0404. The highest BCUT2D eigenvalue weighted by atomic mass is 35.5. The summed E-state index contributed by atoms with van der Waals surface area (Å²) in [4.78, 5) is 24.0. The van der Waals surface area contributed by atoms with Crippen molar-refractivity contribution in [3.8, 4) is 0 Å². The minimum absolute atomic E-state index is 0.0419. The first-order valence-corrected chi connectivity index (χ1v) is 9.35. The molecule has 1 aromatic carbocycles. The lowest BCUT2D eigenvalue weighted by Crippen LogP contribution is -2.23. The molecular weight excluding hydrogens is 376 g/mol. The Labute approximate surface area is 161 Å². The molecule has 0 unspecified atom stereocenters. The molecule has 0 aliphatic carbocycles. The van der Waals surface area contributed by atoms with Crippen molar-refractivity contribution in [1.29, 1.82) is 0 Å². The summed E-state index contributed by atoms with van der Waals surface area (Å²) in [6.07, 6.45) is 0.0419. The Bertz CT molecular complexity index is 809. The van der Waals surface area contributed by atoms with Gasteiger partial charge in [0.2, 0.25) is 5.91 Å². The van der Waals surface area contributed by atoms with Gasteiger partial charge in [-0.2, -0.15) is 0 Å². The quantitative estimate of drug-likeness (QED) is 0.572. The van der Waals surface area contributed by atoms with E-state index in [1.54, 1.807) is 43.7 Å². The number of hydrogen-bond acceptors (Lipinski definition) is 6. The number of hydrogen-bond donors (Lipinski definition) is 1. The molecule has 1 atom stereocenters. The van der Waals surface area contributed by atoms with E-state index in [4.69, 9.17) is 16.3 Å². The van der Waals surface area contributed by atoms with Crippen molar-refractivity contribution < 1.29 is 14.3 Å². The summed E-state index contributed by atoms with van der Waals surface area (Å²) in [5.41, 5.74) is 1.49. The van der Waals surface area contributed by atoms with Crippen LogP contribution in [0.1, 0.15) is 25.2 Å². The highest BCUT2D eigenvalue weighted by molar-refractivity contribution is 8.00. The lowest BCUT2D eigenvalue weighted by atomic mass is 10.2. The number of benzene rings is 1. The maximum Gasteiger partial charge on any atom is 0.313 e. The molecule has 1 aromatic heterocycles. The van der Waals surface area contributed by atoms with Crippen LogP contribution < -0.4 is 5.32 Å². The Morgan fingerprint density at radius 2 is 2.12 bits per heavy atom. The van der Waals surface area contributed by atoms with E-state index in [9.17, 15) is 9.59 Å². The molecule has 0 radical (unpaired) electrons. The van der Waals surface area contributed by atoms with Crippen LogP contribution in [0.3, 0.4) is 0 Å². The third-order valence-electron chi connectivity index (χ3n) is 3.71. The Kier molecular flexibility index (Phi) is 7.05. The molecule has 1 heterocycles. The number of nitrogens with zero attached hydrogens (tertiary/aromatic N) is 3. The number of halogens is 1. The maximum atomic E-state index is 12.5. The zero-order chi connectivity index (χ0) is 19.3.